The third-order valence-corrected chi connectivity index (χ3v) is 6.20. The number of hydrogen-bond acceptors (Lipinski definition) is 6. The fourth-order valence-corrected chi connectivity index (χ4v) is 3.86. The molecule has 1 N–H and O–H groups in total. The first-order valence-electron chi connectivity index (χ1n) is 11.1. The molecule has 2 amide bonds. The number of benzene rings is 2. The van der Waals surface area contributed by atoms with E-state index in [0.29, 0.717) is 22.0 Å². The largest absolute Gasteiger partial charge is 0.490 e. The van der Waals surface area contributed by atoms with Crippen molar-refractivity contribution in [2.45, 2.75) is 52.2 Å². The average Bonchev–Trinajstić information content (AvgIpc) is 2.83. The fraction of sp³-hybridized carbons (Fsp3) is 0.417. The normalized spacial score (nSPS) is 12.4. The predicted molar refractivity (Wildman–Crippen MR) is 134 cm³/mol. The van der Waals surface area contributed by atoms with Gasteiger partial charge in [-0.2, -0.15) is 0 Å². The van der Waals surface area contributed by atoms with Crippen molar-refractivity contribution in [2.24, 2.45) is 0 Å². The Morgan fingerprint density at radius 1 is 1.14 bits per heavy atom. The molecule has 190 valence electrons. The van der Waals surface area contributed by atoms with E-state index in [4.69, 9.17) is 32.7 Å². The first-order valence-corrected chi connectivity index (χ1v) is 11.9. The SMILES string of the molecule is CC[C@@H](C)NC(=O)[C@H](CC)N(Cc1c(Cl)cccc1Cl)C(=O)COc1ccc([N+](=O)[O-])c(OC)c1. The van der Waals surface area contributed by atoms with Crippen molar-refractivity contribution in [3.63, 3.8) is 0 Å². The van der Waals surface area contributed by atoms with E-state index in [1.165, 1.54) is 30.2 Å². The van der Waals surface area contributed by atoms with Crippen LogP contribution in [0, 0.1) is 10.1 Å². The third kappa shape index (κ3) is 7.47. The number of nitro benzene ring substituents is 1. The van der Waals surface area contributed by atoms with Crippen LogP contribution in [0.3, 0.4) is 0 Å². The lowest BCUT2D eigenvalue weighted by molar-refractivity contribution is -0.385. The van der Waals surface area contributed by atoms with Crippen LogP contribution in [0.25, 0.3) is 0 Å². The summed E-state index contributed by atoms with van der Waals surface area (Å²) in [6.45, 7) is 5.21. The number of amides is 2. The fourth-order valence-electron chi connectivity index (χ4n) is 3.34. The van der Waals surface area contributed by atoms with Gasteiger partial charge < -0.3 is 19.7 Å². The molecule has 2 aromatic rings. The zero-order valence-corrected chi connectivity index (χ0v) is 21.6. The van der Waals surface area contributed by atoms with Crippen LogP contribution in [-0.2, 0) is 16.1 Å². The summed E-state index contributed by atoms with van der Waals surface area (Å²) in [5, 5.41) is 14.8. The molecule has 2 atom stereocenters. The molecule has 0 heterocycles. The van der Waals surface area contributed by atoms with Gasteiger partial charge in [0.05, 0.1) is 12.0 Å². The van der Waals surface area contributed by atoms with E-state index in [-0.39, 0.29) is 35.7 Å². The molecule has 0 saturated heterocycles. The molecule has 35 heavy (non-hydrogen) atoms. The lowest BCUT2D eigenvalue weighted by Gasteiger charge is -2.31. The molecule has 0 aliphatic rings. The van der Waals surface area contributed by atoms with Crippen LogP contribution in [-0.4, -0.2) is 47.4 Å². The van der Waals surface area contributed by atoms with Gasteiger partial charge in [0, 0.05) is 40.3 Å². The topological polar surface area (TPSA) is 111 Å². The van der Waals surface area contributed by atoms with E-state index >= 15 is 0 Å². The Balaban J connectivity index is 2.31. The Labute approximate surface area is 214 Å². The number of nitrogens with one attached hydrogen (secondary N) is 1. The summed E-state index contributed by atoms with van der Waals surface area (Å²) in [4.78, 5) is 38.3. The highest BCUT2D eigenvalue weighted by Gasteiger charge is 2.30. The van der Waals surface area contributed by atoms with E-state index < -0.39 is 23.5 Å². The van der Waals surface area contributed by atoms with Gasteiger partial charge in [-0.25, -0.2) is 0 Å². The number of ether oxygens (including phenoxy) is 2. The number of nitrogens with zero attached hydrogens (tertiary/aromatic N) is 2. The van der Waals surface area contributed by atoms with E-state index in [9.17, 15) is 19.7 Å². The van der Waals surface area contributed by atoms with Crippen LogP contribution in [0.15, 0.2) is 36.4 Å². The number of methoxy groups -OCH3 is 1. The number of rotatable bonds is 12. The molecule has 0 saturated carbocycles. The number of nitro groups is 1. The van der Waals surface area contributed by atoms with Crippen LogP contribution < -0.4 is 14.8 Å². The summed E-state index contributed by atoms with van der Waals surface area (Å²) in [5.41, 5.74) is 0.282. The highest BCUT2D eigenvalue weighted by Crippen LogP contribution is 2.31. The summed E-state index contributed by atoms with van der Waals surface area (Å²) in [6, 6.07) is 8.08. The smallest absolute Gasteiger partial charge is 0.311 e. The van der Waals surface area contributed by atoms with Crippen LogP contribution >= 0.6 is 23.2 Å². The zero-order valence-electron chi connectivity index (χ0n) is 20.0. The summed E-state index contributed by atoms with van der Waals surface area (Å²) >= 11 is 12.7. The lowest BCUT2D eigenvalue weighted by Crippen LogP contribution is -2.51. The van der Waals surface area contributed by atoms with Crippen LogP contribution in [0.1, 0.15) is 39.2 Å². The summed E-state index contributed by atoms with van der Waals surface area (Å²) in [7, 11) is 1.30. The monoisotopic (exact) mass is 525 g/mol. The number of carbonyl (C=O) groups excluding carboxylic acids is 2. The molecule has 0 aliphatic carbocycles. The van der Waals surface area contributed by atoms with E-state index in [1.54, 1.807) is 25.1 Å². The molecule has 0 aromatic heterocycles. The van der Waals surface area contributed by atoms with E-state index in [0.717, 1.165) is 6.42 Å². The zero-order chi connectivity index (χ0) is 26.1. The Hall–Kier alpha value is -3.04. The maximum Gasteiger partial charge on any atom is 0.311 e. The summed E-state index contributed by atoms with van der Waals surface area (Å²) in [6.07, 6.45) is 1.08. The molecule has 0 unspecified atom stereocenters. The Morgan fingerprint density at radius 2 is 1.80 bits per heavy atom. The van der Waals surface area contributed by atoms with Crippen molar-refractivity contribution < 1.29 is 24.0 Å². The maximum absolute atomic E-state index is 13.3. The van der Waals surface area contributed by atoms with Crippen molar-refractivity contribution in [3.8, 4) is 11.5 Å². The van der Waals surface area contributed by atoms with Gasteiger partial charge in [0.2, 0.25) is 11.7 Å². The van der Waals surface area contributed by atoms with Crippen LogP contribution in [0.4, 0.5) is 5.69 Å². The minimum absolute atomic E-state index is 0.000907. The maximum atomic E-state index is 13.3. The minimum atomic E-state index is -0.793. The van der Waals surface area contributed by atoms with Crippen molar-refractivity contribution in [1.82, 2.24) is 10.2 Å². The van der Waals surface area contributed by atoms with Crippen molar-refractivity contribution in [3.05, 3.63) is 62.1 Å². The molecule has 11 heteroatoms. The summed E-state index contributed by atoms with van der Waals surface area (Å²) < 4.78 is 10.7. The highest BCUT2D eigenvalue weighted by molar-refractivity contribution is 6.36. The van der Waals surface area contributed by atoms with Crippen molar-refractivity contribution in [1.29, 1.82) is 0 Å². The second-order valence-electron chi connectivity index (χ2n) is 7.84. The molecule has 2 aromatic carbocycles. The molecule has 9 nitrogen and oxygen atoms in total. The van der Waals surface area contributed by atoms with Crippen LogP contribution in [0.5, 0.6) is 11.5 Å². The molecule has 0 fully saturated rings. The molecular formula is C24H29Cl2N3O6. The lowest BCUT2D eigenvalue weighted by atomic mass is 10.1. The first-order chi connectivity index (χ1) is 16.6. The second-order valence-corrected chi connectivity index (χ2v) is 8.66. The first kappa shape index (κ1) is 28.2. The van der Waals surface area contributed by atoms with Crippen molar-refractivity contribution in [2.75, 3.05) is 13.7 Å². The average molecular weight is 526 g/mol. The van der Waals surface area contributed by atoms with Gasteiger partial charge in [-0.1, -0.05) is 43.1 Å². The molecular weight excluding hydrogens is 497 g/mol. The Bertz CT molecular complexity index is 1050. The molecule has 0 spiro atoms. The number of hydrogen-bond donors (Lipinski definition) is 1. The van der Waals surface area contributed by atoms with Gasteiger partial charge in [-0.15, -0.1) is 0 Å². The van der Waals surface area contributed by atoms with Crippen molar-refractivity contribution >= 4 is 40.7 Å². The van der Waals surface area contributed by atoms with Gasteiger partial charge >= 0.3 is 5.69 Å². The standard InChI is InChI=1S/C24H29Cl2N3O6/c1-5-15(3)27-24(31)20(6-2)28(13-17-18(25)8-7-9-19(17)26)23(30)14-35-16-10-11-21(29(32)33)22(12-16)34-4/h7-12,15,20H,5-6,13-14H2,1-4H3,(H,27,31)/t15-,20+/m1/s1. The molecule has 0 aliphatic heterocycles. The van der Waals surface area contributed by atoms with Gasteiger partial charge in [0.25, 0.3) is 5.91 Å². The summed E-state index contributed by atoms with van der Waals surface area (Å²) in [5.74, 6) is -0.576. The number of halogens is 2. The number of carbonyl (C=O) groups is 2. The van der Waals surface area contributed by atoms with E-state index in [2.05, 4.69) is 5.32 Å². The molecule has 2 rings (SSSR count). The quantitative estimate of drug-likeness (QED) is 0.308. The molecule has 0 bridgehead atoms. The third-order valence-electron chi connectivity index (χ3n) is 5.49. The highest BCUT2D eigenvalue weighted by atomic mass is 35.5. The second kappa shape index (κ2) is 13.2. The van der Waals surface area contributed by atoms with Crippen LogP contribution in [0.2, 0.25) is 10.0 Å². The minimum Gasteiger partial charge on any atom is -0.490 e. The van der Waals surface area contributed by atoms with Gasteiger partial charge in [-0.3, -0.25) is 19.7 Å². The molecule has 0 radical (unpaired) electrons. The predicted octanol–water partition coefficient (Wildman–Crippen LogP) is 5.01. The van der Waals surface area contributed by atoms with Gasteiger partial charge in [0.1, 0.15) is 11.8 Å². The van der Waals surface area contributed by atoms with E-state index in [1.807, 2.05) is 13.8 Å². The Kier molecular flexibility index (Phi) is 10.6. The van der Waals surface area contributed by atoms with Gasteiger partial charge in [-0.05, 0) is 38.0 Å². The Morgan fingerprint density at radius 3 is 2.34 bits per heavy atom. The van der Waals surface area contributed by atoms with Gasteiger partial charge in [0.15, 0.2) is 6.61 Å².